The second kappa shape index (κ2) is 17.7. The van der Waals surface area contributed by atoms with Gasteiger partial charge in [-0.1, -0.05) is 196 Å². The zero-order valence-corrected chi connectivity index (χ0v) is 44.4. The number of aromatic nitrogens is 1. The first-order valence-electron chi connectivity index (χ1n) is 27.2. The van der Waals surface area contributed by atoms with E-state index in [0.717, 1.165) is 61.4 Å². The molecule has 0 unspecified atom stereocenters. The van der Waals surface area contributed by atoms with E-state index in [1.807, 2.05) is 17.4 Å². The van der Waals surface area contributed by atoms with Crippen LogP contribution in [0.15, 0.2) is 271 Å². The molecule has 16 rings (SSSR count). The predicted molar refractivity (Wildman–Crippen MR) is 335 cm³/mol. The molecule has 0 atom stereocenters. The van der Waals surface area contributed by atoms with E-state index in [0.29, 0.717) is 0 Å². The standard InChI is InChI=1S/C75H50N2OS/c1-75(2)64-44-38-49(45-63(64)58-43-37-50(46-65(58)75)56-23-15-29-68-72(56)61-21-7-11-28-67(61)77(68)51-17-4-3-5-18-51)54-19-6-10-27-66(54)76(52-39-33-47(34-40-52)55-24-16-32-71-73(55)62-22-9-13-31-70(62)79-71)53-41-35-48(36-42-53)57-25-14-26-60-59-20-8-12-30-69(59)78-74(57)60/h3-46H,1-2H3. The smallest absolute Gasteiger partial charge is 0.143 e. The monoisotopic (exact) mass is 1030 g/mol. The maximum Gasteiger partial charge on any atom is 0.143 e. The lowest BCUT2D eigenvalue weighted by Gasteiger charge is -2.28. The molecule has 1 aliphatic carbocycles. The van der Waals surface area contributed by atoms with Crippen LogP contribution in [0.1, 0.15) is 25.0 Å². The van der Waals surface area contributed by atoms with Crippen molar-refractivity contribution in [1.29, 1.82) is 0 Å². The van der Waals surface area contributed by atoms with E-state index in [9.17, 15) is 0 Å². The first-order valence-corrected chi connectivity index (χ1v) is 28.0. The van der Waals surface area contributed by atoms with Crippen LogP contribution in [0, 0.1) is 0 Å². The fourth-order valence-electron chi connectivity index (χ4n) is 13.1. The molecule has 3 heterocycles. The summed E-state index contributed by atoms with van der Waals surface area (Å²) < 4.78 is 11.6. The molecule has 4 heteroatoms. The molecule has 1 aliphatic rings. The largest absolute Gasteiger partial charge is 0.455 e. The summed E-state index contributed by atoms with van der Waals surface area (Å²) in [5.74, 6) is 0. The van der Waals surface area contributed by atoms with Crippen LogP contribution in [-0.2, 0) is 5.41 Å². The maximum atomic E-state index is 6.54. The molecule has 15 aromatic rings. The fourth-order valence-corrected chi connectivity index (χ4v) is 14.2. The van der Waals surface area contributed by atoms with Crippen molar-refractivity contribution in [3.8, 4) is 61.3 Å². The van der Waals surface area contributed by atoms with Crippen LogP contribution < -0.4 is 4.90 Å². The Morgan fingerprint density at radius 2 is 0.937 bits per heavy atom. The number of rotatable bonds is 8. The van der Waals surface area contributed by atoms with Crippen LogP contribution >= 0.6 is 11.3 Å². The highest BCUT2D eigenvalue weighted by Crippen LogP contribution is 2.53. The van der Waals surface area contributed by atoms with Crippen LogP contribution in [0.2, 0.25) is 0 Å². The number of furan rings is 1. The Bertz CT molecular complexity index is 4920. The van der Waals surface area contributed by atoms with Crippen molar-refractivity contribution in [2.75, 3.05) is 4.90 Å². The number of para-hydroxylation sites is 5. The molecule has 3 aromatic heterocycles. The van der Waals surface area contributed by atoms with Gasteiger partial charge in [0, 0.05) is 75.3 Å². The minimum Gasteiger partial charge on any atom is -0.455 e. The summed E-state index contributed by atoms with van der Waals surface area (Å²) in [6.45, 7) is 4.78. The molecule has 0 bridgehead atoms. The van der Waals surface area contributed by atoms with Crippen molar-refractivity contribution in [1.82, 2.24) is 4.57 Å². The maximum absolute atomic E-state index is 6.54. The van der Waals surface area contributed by atoms with E-state index in [1.165, 1.54) is 92.0 Å². The zero-order chi connectivity index (χ0) is 52.3. The number of hydrogen-bond acceptors (Lipinski definition) is 3. The minimum absolute atomic E-state index is 0.216. The van der Waals surface area contributed by atoms with E-state index in [-0.39, 0.29) is 5.41 Å². The highest BCUT2D eigenvalue weighted by Gasteiger charge is 2.36. The van der Waals surface area contributed by atoms with Gasteiger partial charge in [-0.3, -0.25) is 0 Å². The lowest BCUT2D eigenvalue weighted by molar-refractivity contribution is 0.660. The van der Waals surface area contributed by atoms with Gasteiger partial charge in [-0.2, -0.15) is 0 Å². The van der Waals surface area contributed by atoms with Gasteiger partial charge in [0.05, 0.1) is 16.7 Å². The molecule has 0 amide bonds. The quantitative estimate of drug-likeness (QED) is 0.151. The molecular formula is C75H50N2OS. The van der Waals surface area contributed by atoms with Gasteiger partial charge in [0.15, 0.2) is 0 Å². The third kappa shape index (κ3) is 7.04. The third-order valence-electron chi connectivity index (χ3n) is 16.8. The van der Waals surface area contributed by atoms with Crippen molar-refractivity contribution in [3.63, 3.8) is 0 Å². The summed E-state index contributed by atoms with van der Waals surface area (Å²) >= 11 is 1.86. The molecule has 0 saturated carbocycles. The first kappa shape index (κ1) is 45.5. The van der Waals surface area contributed by atoms with Crippen LogP contribution in [0.4, 0.5) is 17.1 Å². The summed E-state index contributed by atoms with van der Waals surface area (Å²) in [6.07, 6.45) is 0. The van der Waals surface area contributed by atoms with Crippen molar-refractivity contribution in [2.24, 2.45) is 0 Å². The first-order chi connectivity index (χ1) is 38.9. The van der Waals surface area contributed by atoms with Gasteiger partial charge >= 0.3 is 0 Å². The van der Waals surface area contributed by atoms with Gasteiger partial charge in [-0.15, -0.1) is 11.3 Å². The lowest BCUT2D eigenvalue weighted by Crippen LogP contribution is -2.15. The topological polar surface area (TPSA) is 21.3 Å². The van der Waals surface area contributed by atoms with Crippen LogP contribution in [-0.4, -0.2) is 4.57 Å². The molecule has 12 aromatic carbocycles. The van der Waals surface area contributed by atoms with Gasteiger partial charge in [-0.25, -0.2) is 0 Å². The van der Waals surface area contributed by atoms with Crippen molar-refractivity contribution >= 4 is 92.3 Å². The number of hydrogen-bond donors (Lipinski definition) is 0. The van der Waals surface area contributed by atoms with Gasteiger partial charge in [0.2, 0.25) is 0 Å². The van der Waals surface area contributed by atoms with Crippen molar-refractivity contribution in [3.05, 3.63) is 278 Å². The summed E-state index contributed by atoms with van der Waals surface area (Å²) in [5, 5.41) is 7.41. The molecule has 0 saturated heterocycles. The fraction of sp³-hybridized carbons (Fsp3) is 0.0400. The number of benzene rings is 12. The van der Waals surface area contributed by atoms with Crippen molar-refractivity contribution < 1.29 is 4.42 Å². The second-order valence-corrected chi connectivity index (χ2v) is 22.6. The van der Waals surface area contributed by atoms with Gasteiger partial charge in [0.25, 0.3) is 0 Å². The van der Waals surface area contributed by atoms with E-state index in [2.05, 4.69) is 284 Å². The van der Waals surface area contributed by atoms with Crippen LogP contribution in [0.5, 0.6) is 0 Å². The van der Waals surface area contributed by atoms with Gasteiger partial charge < -0.3 is 13.9 Å². The molecule has 0 N–H and O–H groups in total. The average Bonchev–Trinajstić information content (AvgIpc) is 4.45. The van der Waals surface area contributed by atoms with Gasteiger partial charge in [-0.05, 0) is 141 Å². The van der Waals surface area contributed by atoms with Gasteiger partial charge in [0.1, 0.15) is 11.2 Å². The normalized spacial score (nSPS) is 12.8. The van der Waals surface area contributed by atoms with E-state index < -0.39 is 0 Å². The number of anilines is 3. The molecular weight excluding hydrogens is 977 g/mol. The Hall–Kier alpha value is -9.74. The highest BCUT2D eigenvalue weighted by atomic mass is 32.1. The molecule has 3 nitrogen and oxygen atoms in total. The molecule has 0 radical (unpaired) electrons. The summed E-state index contributed by atoms with van der Waals surface area (Å²) in [6, 6.07) is 98.1. The molecule has 0 aliphatic heterocycles. The van der Waals surface area contributed by atoms with E-state index in [1.54, 1.807) is 0 Å². The Morgan fingerprint density at radius 1 is 0.367 bits per heavy atom. The number of nitrogens with zero attached hydrogens (tertiary/aromatic N) is 2. The number of thiophene rings is 1. The molecule has 372 valence electrons. The zero-order valence-electron chi connectivity index (χ0n) is 43.6. The van der Waals surface area contributed by atoms with E-state index in [4.69, 9.17) is 4.42 Å². The Balaban J connectivity index is 0.816. The lowest BCUT2D eigenvalue weighted by atomic mass is 9.81. The summed E-state index contributed by atoms with van der Waals surface area (Å²) in [7, 11) is 0. The molecule has 0 fully saturated rings. The molecule has 79 heavy (non-hydrogen) atoms. The highest BCUT2D eigenvalue weighted by molar-refractivity contribution is 7.25. The van der Waals surface area contributed by atoms with Crippen LogP contribution in [0.25, 0.3) is 125 Å². The second-order valence-electron chi connectivity index (χ2n) is 21.5. The van der Waals surface area contributed by atoms with Crippen LogP contribution in [0.3, 0.4) is 0 Å². The Labute approximate surface area is 462 Å². The minimum atomic E-state index is -0.216. The molecule has 0 spiro atoms. The van der Waals surface area contributed by atoms with E-state index >= 15 is 0 Å². The summed E-state index contributed by atoms with van der Waals surface area (Å²) in [4.78, 5) is 2.43. The van der Waals surface area contributed by atoms with Crippen molar-refractivity contribution in [2.45, 2.75) is 19.3 Å². The third-order valence-corrected chi connectivity index (χ3v) is 18.0. The predicted octanol–water partition coefficient (Wildman–Crippen LogP) is 21.5. The average molecular weight is 1030 g/mol. The Morgan fingerprint density at radius 3 is 1.76 bits per heavy atom. The Kier molecular flexibility index (Phi) is 10.2. The summed E-state index contributed by atoms with van der Waals surface area (Å²) in [5.41, 5.74) is 23.1. The number of fused-ring (bicyclic) bond motifs is 12. The SMILES string of the molecule is CC1(C)c2ccc(-c3ccccc3N(c3ccc(-c4cccc5c4oc4ccccc45)cc3)c3ccc(-c4cccc5sc6ccccc6c45)cc3)cc2-c2ccc(-c3cccc4c3c3ccccc3n4-c3ccccc3)cc21.